The Morgan fingerprint density at radius 1 is 0.769 bits per heavy atom. The summed E-state index contributed by atoms with van der Waals surface area (Å²) in [4.78, 5) is 23.2. The molecule has 0 aromatic heterocycles. The van der Waals surface area contributed by atoms with Crippen LogP contribution in [-0.4, -0.2) is 31.0 Å². The summed E-state index contributed by atoms with van der Waals surface area (Å²) in [7, 11) is 1.48. The van der Waals surface area contributed by atoms with E-state index < -0.39 is 23.9 Å². The average Bonchev–Trinajstić information content (AvgIpc) is 3.39. The summed E-state index contributed by atoms with van der Waals surface area (Å²) in [6.07, 6.45) is -8.68. The minimum atomic E-state index is -4.87. The molecule has 0 bridgehead atoms. The number of methoxy groups -OCH3 is 1. The average molecular weight is 634 g/mol. The third kappa shape index (κ3) is 8.72. The third-order valence-electron chi connectivity index (χ3n) is 4.95. The van der Waals surface area contributed by atoms with Gasteiger partial charge in [-0.2, -0.15) is 26.3 Å². The molecular formula is C25H20CoF6N2O3S2. The van der Waals surface area contributed by atoms with Crippen LogP contribution in [0.15, 0.2) is 68.4 Å². The first-order valence-corrected chi connectivity index (χ1v) is 12.4. The Labute approximate surface area is 239 Å². The van der Waals surface area contributed by atoms with Gasteiger partial charge in [-0.1, -0.05) is 43.0 Å². The predicted octanol–water partition coefficient (Wildman–Crippen LogP) is 8.84. The molecule has 0 fully saturated rings. The van der Waals surface area contributed by atoms with E-state index in [-0.39, 0.29) is 32.3 Å². The molecule has 4 rings (SSSR count). The van der Waals surface area contributed by atoms with Crippen LogP contribution in [0.2, 0.25) is 0 Å². The number of thioether (sulfide) groups is 2. The van der Waals surface area contributed by atoms with Crippen molar-refractivity contribution < 1.29 is 57.4 Å². The molecule has 0 aliphatic carbocycles. The van der Waals surface area contributed by atoms with Crippen LogP contribution in [0.25, 0.3) is 10.6 Å². The largest absolute Gasteiger partial charge is 2.00 e. The second kappa shape index (κ2) is 12.3. The van der Waals surface area contributed by atoms with Gasteiger partial charge in [-0.05, 0) is 57.2 Å². The molecule has 0 saturated heterocycles. The first-order valence-electron chi connectivity index (χ1n) is 10.7. The molecule has 2 aliphatic heterocycles. The number of carbonyl (C=O) groups excluding carboxylic acids is 2. The molecule has 0 saturated carbocycles. The van der Waals surface area contributed by atoms with Crippen LogP contribution in [0, 0.1) is 0 Å². The number of rotatable bonds is 3. The topological polar surface area (TPSA) is 71.6 Å². The second-order valence-electron chi connectivity index (χ2n) is 8.88. The molecule has 0 atom stereocenters. The molecular weight excluding hydrogens is 613 g/mol. The van der Waals surface area contributed by atoms with Crippen LogP contribution in [-0.2, 0) is 31.8 Å². The number of alkyl halides is 6. The van der Waals surface area contributed by atoms with E-state index in [2.05, 4.69) is 31.4 Å². The smallest absolute Gasteiger partial charge is 0.651 e. The summed E-state index contributed by atoms with van der Waals surface area (Å²) in [5, 5.41) is 8.07. The molecule has 211 valence electrons. The fourth-order valence-corrected chi connectivity index (χ4v) is 4.79. The molecule has 2 aliphatic rings. The molecule has 0 spiro atoms. The van der Waals surface area contributed by atoms with Crippen molar-refractivity contribution in [3.8, 4) is 5.75 Å². The summed E-state index contributed by atoms with van der Waals surface area (Å²) < 4.78 is 77.8. The molecule has 39 heavy (non-hydrogen) atoms. The van der Waals surface area contributed by atoms with Gasteiger partial charge in [-0.3, -0.25) is 9.59 Å². The SMILES string of the molecule is CC(C)(C)c1ccc2c(c1)S/C(=C/C(=O)C(F)(F)F)[N-]2.COc1ccc2c(c1)[N-]/C(=C\C(=O)C(F)(F)F)S2.[Co+2]. The molecule has 14 heteroatoms. The van der Waals surface area contributed by atoms with Crippen molar-refractivity contribution in [2.24, 2.45) is 0 Å². The third-order valence-corrected chi connectivity index (χ3v) is 6.90. The van der Waals surface area contributed by atoms with Gasteiger partial charge in [0, 0.05) is 0 Å². The monoisotopic (exact) mass is 633 g/mol. The number of hydrogen-bond donors (Lipinski definition) is 0. The Hall–Kier alpha value is -2.55. The number of allylic oxidation sites excluding steroid dienone is 2. The first-order chi connectivity index (χ1) is 17.5. The van der Waals surface area contributed by atoms with Gasteiger partial charge in [0.25, 0.3) is 11.6 Å². The Balaban J connectivity index is 0.000000268. The molecule has 0 N–H and O–H groups in total. The summed E-state index contributed by atoms with van der Waals surface area (Å²) in [5.41, 5.74) is 2.12. The zero-order valence-electron chi connectivity index (χ0n) is 20.7. The fourth-order valence-electron chi connectivity index (χ4n) is 2.97. The van der Waals surface area contributed by atoms with Crippen LogP contribution in [0.3, 0.4) is 0 Å². The maximum Gasteiger partial charge on any atom is 2.00 e. The van der Waals surface area contributed by atoms with Crippen molar-refractivity contribution in [1.29, 1.82) is 0 Å². The number of carbonyl (C=O) groups is 2. The summed E-state index contributed by atoms with van der Waals surface area (Å²) in [5.74, 6) is -3.23. The zero-order chi connectivity index (χ0) is 28.5. The van der Waals surface area contributed by atoms with Crippen LogP contribution in [0.5, 0.6) is 5.75 Å². The van der Waals surface area contributed by atoms with E-state index in [1.54, 1.807) is 24.3 Å². The molecule has 0 unspecified atom stereocenters. The summed E-state index contributed by atoms with van der Waals surface area (Å²) in [6.45, 7) is 6.15. The van der Waals surface area contributed by atoms with Crippen molar-refractivity contribution in [2.75, 3.05) is 7.11 Å². The Kier molecular flexibility index (Phi) is 10.3. The van der Waals surface area contributed by atoms with E-state index in [9.17, 15) is 35.9 Å². The minimum Gasteiger partial charge on any atom is -0.651 e. The van der Waals surface area contributed by atoms with Crippen molar-refractivity contribution in [3.05, 3.63) is 74.8 Å². The van der Waals surface area contributed by atoms with Gasteiger partial charge < -0.3 is 15.4 Å². The van der Waals surface area contributed by atoms with Gasteiger partial charge in [0.05, 0.1) is 7.11 Å². The van der Waals surface area contributed by atoms with E-state index in [1.165, 1.54) is 7.11 Å². The number of halogens is 6. The van der Waals surface area contributed by atoms with Crippen LogP contribution in [0.1, 0.15) is 26.3 Å². The zero-order valence-corrected chi connectivity index (χ0v) is 23.3. The van der Waals surface area contributed by atoms with Crippen molar-refractivity contribution >= 4 is 46.5 Å². The van der Waals surface area contributed by atoms with Crippen LogP contribution >= 0.6 is 23.5 Å². The normalized spacial score (nSPS) is 16.3. The molecule has 2 heterocycles. The van der Waals surface area contributed by atoms with Crippen LogP contribution in [0.4, 0.5) is 37.7 Å². The van der Waals surface area contributed by atoms with Gasteiger partial charge >= 0.3 is 29.1 Å². The minimum absolute atomic E-state index is 0. The quantitative estimate of drug-likeness (QED) is 0.250. The van der Waals surface area contributed by atoms with E-state index in [4.69, 9.17) is 4.74 Å². The van der Waals surface area contributed by atoms with E-state index in [0.717, 1.165) is 34.0 Å². The Bertz CT molecular complexity index is 1320. The van der Waals surface area contributed by atoms with Crippen molar-refractivity contribution in [3.63, 3.8) is 0 Å². The number of hydrogen-bond acceptors (Lipinski definition) is 5. The second-order valence-corrected chi connectivity index (χ2v) is 11.0. The van der Waals surface area contributed by atoms with Crippen molar-refractivity contribution in [1.82, 2.24) is 0 Å². The van der Waals surface area contributed by atoms with Gasteiger partial charge in [0.15, 0.2) is 0 Å². The summed E-state index contributed by atoms with van der Waals surface area (Å²) >= 11 is 2.10. The number of fused-ring (bicyclic) bond motifs is 2. The summed E-state index contributed by atoms with van der Waals surface area (Å²) in [6, 6.07) is 10.5. The van der Waals surface area contributed by atoms with Crippen LogP contribution < -0.4 is 4.74 Å². The van der Waals surface area contributed by atoms with E-state index >= 15 is 0 Å². The van der Waals surface area contributed by atoms with Gasteiger partial charge in [-0.25, -0.2) is 0 Å². The first kappa shape index (κ1) is 32.7. The van der Waals surface area contributed by atoms with E-state index in [1.807, 2.05) is 12.1 Å². The maximum atomic E-state index is 12.2. The number of ketones is 2. The molecule has 2 aromatic carbocycles. The van der Waals surface area contributed by atoms with Crippen molar-refractivity contribution in [2.45, 2.75) is 48.3 Å². The number of benzene rings is 2. The standard InChI is InChI=1S/C14H14F3NOS.C11H8F3NO2S.Co/c1-13(2,3)8-4-5-9-10(6-8)20-12(18-9)7-11(19)14(15,16)17;1-17-6-2-3-8-7(4-6)15-10(18-8)5-9(16)11(12,13)14;/h4-7H,1-3H3,(H,18,19);2-5H,1H3,(H,15,16);/q;;+2/p-2. The molecule has 0 amide bonds. The maximum absolute atomic E-state index is 12.2. The van der Waals surface area contributed by atoms with Gasteiger partial charge in [0.1, 0.15) is 5.75 Å². The molecule has 2 aromatic rings. The predicted molar refractivity (Wildman–Crippen MR) is 134 cm³/mol. The molecule has 1 radical (unpaired) electrons. The Morgan fingerprint density at radius 2 is 1.28 bits per heavy atom. The molecule has 5 nitrogen and oxygen atoms in total. The number of ether oxygens (including phenoxy) is 1. The van der Waals surface area contributed by atoms with Gasteiger partial charge in [0.2, 0.25) is 0 Å². The van der Waals surface area contributed by atoms with Gasteiger partial charge in [-0.15, -0.1) is 34.9 Å². The van der Waals surface area contributed by atoms with E-state index in [0.29, 0.717) is 34.2 Å². The Morgan fingerprint density at radius 3 is 1.77 bits per heavy atom. The number of nitrogens with zero attached hydrogens (tertiary/aromatic N) is 2. The fraction of sp³-hybridized carbons (Fsp3) is 0.280.